The van der Waals surface area contributed by atoms with Gasteiger partial charge in [-0.15, -0.1) is 0 Å². The summed E-state index contributed by atoms with van der Waals surface area (Å²) in [5, 5.41) is 10.7. The fraction of sp³-hybridized carbons (Fsp3) is 0.941. The summed E-state index contributed by atoms with van der Waals surface area (Å²) in [5.74, 6) is 4.22. The molecule has 0 aromatic rings. The number of rotatable bonds is 4. The Hall–Kier alpha value is -0.780. The fourth-order valence-corrected chi connectivity index (χ4v) is 12.3. The highest BCUT2D eigenvalue weighted by atomic mass is 16.3. The van der Waals surface area contributed by atoms with Crippen LogP contribution < -0.4 is 0 Å². The summed E-state index contributed by atoms with van der Waals surface area (Å²) in [7, 11) is 2.17. The first kappa shape index (κ1) is 28.3. The quantitative estimate of drug-likeness (QED) is 0.524. The van der Waals surface area contributed by atoms with Crippen molar-refractivity contribution >= 4 is 11.6 Å². The third-order valence-corrected chi connectivity index (χ3v) is 14.3. The monoisotopic (exact) mass is 540 g/mol. The Bertz CT molecular complexity index is 973. The number of Topliss-reactive ketones (excluding diaryl/α,β-unsaturated/α-hetero) is 2. The van der Waals surface area contributed by atoms with E-state index in [1.165, 1.54) is 25.7 Å². The number of nitrogens with zero attached hydrogens (tertiary/aromatic N) is 2. The zero-order chi connectivity index (χ0) is 27.9. The highest BCUT2D eigenvalue weighted by Crippen LogP contribution is 2.72. The van der Waals surface area contributed by atoms with Gasteiger partial charge >= 0.3 is 0 Å². The topological polar surface area (TPSA) is 60.9 Å². The molecule has 6 fully saturated rings. The first-order chi connectivity index (χ1) is 18.4. The number of piperazine rings is 1. The molecule has 1 aliphatic heterocycles. The predicted octanol–water partition coefficient (Wildman–Crippen LogP) is 5.30. The van der Waals surface area contributed by atoms with Crippen LogP contribution in [0, 0.1) is 63.6 Å². The third kappa shape index (κ3) is 4.17. The van der Waals surface area contributed by atoms with Gasteiger partial charge in [0.15, 0.2) is 5.78 Å². The van der Waals surface area contributed by atoms with Crippen LogP contribution in [0.5, 0.6) is 0 Å². The number of hydrogen-bond donors (Lipinski definition) is 1. The molecule has 5 nitrogen and oxygen atoms in total. The Labute approximate surface area is 237 Å². The Balaban J connectivity index is 1.31. The van der Waals surface area contributed by atoms with Crippen LogP contribution in [0.1, 0.15) is 92.4 Å². The minimum atomic E-state index is -0.426. The SMILES string of the molecule is CC(C)C1C(=O)C[C@]2(C(=O)CN3CCN(C)CC3)CCC3[C@H](CCC4[C@@]3(C)CCC3[C@@H](C)[C@@H](O)CC[C@@]34C)C12. The number of carbonyl (C=O) groups excluding carboxylic acids is 2. The lowest BCUT2D eigenvalue weighted by molar-refractivity contribution is -0.199. The first-order valence-electron chi connectivity index (χ1n) is 16.6. The summed E-state index contributed by atoms with van der Waals surface area (Å²) in [4.78, 5) is 32.9. The molecule has 220 valence electrons. The van der Waals surface area contributed by atoms with Gasteiger partial charge in [0.25, 0.3) is 0 Å². The van der Waals surface area contributed by atoms with Crippen LogP contribution >= 0.6 is 0 Å². The van der Waals surface area contributed by atoms with Crippen LogP contribution in [0.2, 0.25) is 0 Å². The van der Waals surface area contributed by atoms with Gasteiger partial charge in [-0.1, -0.05) is 34.6 Å². The summed E-state index contributed by atoms with van der Waals surface area (Å²) in [6, 6.07) is 0. The van der Waals surface area contributed by atoms with Gasteiger partial charge < -0.3 is 10.0 Å². The molecule has 1 heterocycles. The van der Waals surface area contributed by atoms with E-state index in [-0.39, 0.29) is 23.4 Å². The Kier molecular flexibility index (Phi) is 7.20. The molecule has 5 aliphatic carbocycles. The van der Waals surface area contributed by atoms with Gasteiger partial charge in [-0.05, 0) is 111 Å². The van der Waals surface area contributed by atoms with Crippen molar-refractivity contribution in [1.29, 1.82) is 0 Å². The molecule has 39 heavy (non-hydrogen) atoms. The van der Waals surface area contributed by atoms with Crippen molar-refractivity contribution in [2.24, 2.45) is 63.6 Å². The largest absolute Gasteiger partial charge is 0.393 e. The second-order valence-electron chi connectivity index (χ2n) is 16.2. The van der Waals surface area contributed by atoms with Gasteiger partial charge in [-0.2, -0.15) is 0 Å². The number of fused-ring (bicyclic) bond motifs is 7. The van der Waals surface area contributed by atoms with Crippen LogP contribution in [0.3, 0.4) is 0 Å². The van der Waals surface area contributed by atoms with E-state index < -0.39 is 5.41 Å². The molecule has 5 heteroatoms. The lowest BCUT2D eigenvalue weighted by Gasteiger charge is -2.68. The lowest BCUT2D eigenvalue weighted by Crippen LogP contribution is -2.62. The predicted molar refractivity (Wildman–Crippen MR) is 155 cm³/mol. The smallest absolute Gasteiger partial charge is 0.153 e. The normalized spacial score (nSPS) is 50.7. The summed E-state index contributed by atoms with van der Waals surface area (Å²) in [5.41, 5.74) is 0.172. The second-order valence-corrected chi connectivity index (χ2v) is 16.2. The van der Waals surface area contributed by atoms with Gasteiger partial charge in [-0.25, -0.2) is 0 Å². The van der Waals surface area contributed by atoms with Gasteiger partial charge in [0.05, 0.1) is 12.6 Å². The molecule has 5 saturated carbocycles. The Morgan fingerprint density at radius 3 is 2.28 bits per heavy atom. The molecule has 0 aromatic heterocycles. The summed E-state index contributed by atoms with van der Waals surface area (Å²) in [6.07, 6.45) is 9.45. The average molecular weight is 541 g/mol. The second kappa shape index (κ2) is 9.90. The molecule has 5 unspecified atom stereocenters. The number of hydrogen-bond acceptors (Lipinski definition) is 5. The summed E-state index contributed by atoms with van der Waals surface area (Å²) >= 11 is 0. The summed E-state index contributed by atoms with van der Waals surface area (Å²) < 4.78 is 0. The highest BCUT2D eigenvalue weighted by molar-refractivity contribution is 5.97. The molecule has 1 N–H and O–H groups in total. The molecule has 0 spiro atoms. The molecule has 11 atom stereocenters. The first-order valence-corrected chi connectivity index (χ1v) is 16.6. The number of aliphatic hydroxyl groups is 1. The van der Waals surface area contributed by atoms with Crippen molar-refractivity contribution in [3.63, 3.8) is 0 Å². The van der Waals surface area contributed by atoms with E-state index in [9.17, 15) is 14.7 Å². The molecule has 6 aliphatic rings. The van der Waals surface area contributed by atoms with Crippen LogP contribution in [0.25, 0.3) is 0 Å². The van der Waals surface area contributed by atoms with Crippen molar-refractivity contribution in [2.75, 3.05) is 39.8 Å². The van der Waals surface area contributed by atoms with Gasteiger partial charge in [0.1, 0.15) is 5.78 Å². The van der Waals surface area contributed by atoms with Crippen molar-refractivity contribution in [2.45, 2.75) is 98.5 Å². The maximum atomic E-state index is 14.4. The van der Waals surface area contributed by atoms with Gasteiger partial charge in [0, 0.05) is 43.9 Å². The van der Waals surface area contributed by atoms with Gasteiger partial charge in [0.2, 0.25) is 0 Å². The summed E-state index contributed by atoms with van der Waals surface area (Å²) in [6.45, 7) is 16.5. The van der Waals surface area contributed by atoms with E-state index >= 15 is 0 Å². The third-order valence-electron chi connectivity index (χ3n) is 14.3. The van der Waals surface area contributed by atoms with E-state index in [2.05, 4.69) is 51.5 Å². The molecule has 0 amide bonds. The molecule has 0 aromatic carbocycles. The van der Waals surface area contributed by atoms with Crippen molar-refractivity contribution in [3.05, 3.63) is 0 Å². The van der Waals surface area contributed by atoms with Crippen LogP contribution in [-0.4, -0.2) is 72.3 Å². The Morgan fingerprint density at radius 1 is 0.949 bits per heavy atom. The highest BCUT2D eigenvalue weighted by Gasteiger charge is 2.68. The van der Waals surface area contributed by atoms with Crippen LogP contribution in [-0.2, 0) is 9.59 Å². The van der Waals surface area contributed by atoms with Crippen molar-refractivity contribution in [1.82, 2.24) is 9.80 Å². The maximum Gasteiger partial charge on any atom is 0.153 e. The molecular weight excluding hydrogens is 484 g/mol. The van der Waals surface area contributed by atoms with Crippen molar-refractivity contribution in [3.8, 4) is 0 Å². The number of aliphatic hydroxyl groups excluding tert-OH is 1. The van der Waals surface area contributed by atoms with E-state index in [0.29, 0.717) is 65.5 Å². The molecule has 1 saturated heterocycles. The Morgan fingerprint density at radius 2 is 1.59 bits per heavy atom. The molecular formula is C34H56N2O3. The fourth-order valence-electron chi connectivity index (χ4n) is 12.3. The number of likely N-dealkylation sites (N-methyl/N-ethyl adjacent to an activating group) is 1. The van der Waals surface area contributed by atoms with Crippen LogP contribution in [0.15, 0.2) is 0 Å². The maximum absolute atomic E-state index is 14.4. The van der Waals surface area contributed by atoms with E-state index in [4.69, 9.17) is 0 Å². The van der Waals surface area contributed by atoms with Crippen molar-refractivity contribution < 1.29 is 14.7 Å². The minimum absolute atomic E-state index is 0.0474. The zero-order valence-electron chi connectivity index (χ0n) is 25.8. The zero-order valence-corrected chi connectivity index (χ0v) is 25.8. The van der Waals surface area contributed by atoms with Crippen LogP contribution in [0.4, 0.5) is 0 Å². The molecule has 0 radical (unpaired) electrons. The van der Waals surface area contributed by atoms with Gasteiger partial charge in [-0.3, -0.25) is 14.5 Å². The van der Waals surface area contributed by atoms with E-state index in [1.807, 2.05) is 0 Å². The minimum Gasteiger partial charge on any atom is -0.393 e. The van der Waals surface area contributed by atoms with E-state index in [0.717, 1.165) is 51.9 Å². The average Bonchev–Trinajstić information content (AvgIpc) is 3.21. The number of ketones is 2. The molecule has 0 bridgehead atoms. The standard InChI is InChI=1S/C34H56N2O3/c1-21(2)30-27(38)19-34(29(39)20-36-17-15-35(6)16-18-36)14-10-25-23(31(30)34)7-8-28-32(4)13-11-26(37)22(3)24(32)9-12-33(25,28)5/h21-26,28,30-31,37H,7-20H2,1-6H3/t22-,23+,24?,25?,26+,28?,30?,31?,32+,33+,34+/m1/s1. The number of carbonyl (C=O) groups is 2. The molecule has 6 rings (SSSR count). The van der Waals surface area contributed by atoms with E-state index in [1.54, 1.807) is 0 Å². The lowest BCUT2D eigenvalue weighted by atomic mass is 9.37.